The van der Waals surface area contributed by atoms with Gasteiger partial charge in [-0.1, -0.05) is 58.5 Å². The molecule has 4 rings (SSSR count). The molecule has 1 aliphatic rings. The van der Waals surface area contributed by atoms with Crippen LogP contribution in [0.2, 0.25) is 20.1 Å². The summed E-state index contributed by atoms with van der Waals surface area (Å²) in [6.45, 7) is 0. The number of amidine groups is 1. The van der Waals surface area contributed by atoms with Crippen LogP contribution in [0.3, 0.4) is 0 Å². The minimum atomic E-state index is -0.286. The van der Waals surface area contributed by atoms with Gasteiger partial charge >= 0.3 is 0 Å². The predicted molar refractivity (Wildman–Crippen MR) is 121 cm³/mol. The third-order valence-electron chi connectivity index (χ3n) is 3.92. The fourth-order valence-electron chi connectivity index (χ4n) is 2.57. The molecule has 2 heterocycles. The van der Waals surface area contributed by atoms with Crippen molar-refractivity contribution in [2.75, 3.05) is 0 Å². The van der Waals surface area contributed by atoms with Gasteiger partial charge in [0.05, 0.1) is 30.7 Å². The molecule has 9 heteroatoms. The van der Waals surface area contributed by atoms with E-state index in [1.807, 2.05) is 0 Å². The zero-order valence-corrected chi connectivity index (χ0v) is 18.2. The van der Waals surface area contributed by atoms with E-state index in [-0.39, 0.29) is 5.91 Å². The van der Waals surface area contributed by atoms with Crippen LogP contribution >= 0.6 is 58.2 Å². The zero-order valence-electron chi connectivity index (χ0n) is 14.4. The van der Waals surface area contributed by atoms with Crippen molar-refractivity contribution in [3.05, 3.63) is 79.3 Å². The second-order valence-electron chi connectivity index (χ2n) is 5.86. The van der Waals surface area contributed by atoms with E-state index in [9.17, 15) is 4.79 Å². The van der Waals surface area contributed by atoms with Gasteiger partial charge in [-0.15, -0.1) is 0 Å². The van der Waals surface area contributed by atoms with Crippen LogP contribution in [0, 0.1) is 0 Å². The van der Waals surface area contributed by atoms with Crippen molar-refractivity contribution in [2.24, 2.45) is 4.99 Å². The number of halogens is 4. The summed E-state index contributed by atoms with van der Waals surface area (Å²) in [5.74, 6) is 0.758. The van der Waals surface area contributed by atoms with Crippen molar-refractivity contribution in [1.82, 2.24) is 5.32 Å². The molecule has 0 saturated carbocycles. The van der Waals surface area contributed by atoms with Gasteiger partial charge < -0.3 is 9.73 Å². The lowest BCUT2D eigenvalue weighted by atomic mass is 10.2. The molecule has 1 aliphatic heterocycles. The van der Waals surface area contributed by atoms with Gasteiger partial charge in [0.25, 0.3) is 5.91 Å². The van der Waals surface area contributed by atoms with Crippen molar-refractivity contribution < 1.29 is 9.21 Å². The Bertz CT molecular complexity index is 1190. The van der Waals surface area contributed by atoms with Crippen LogP contribution in [0.15, 0.2) is 62.8 Å². The fraction of sp³-hybridized carbons (Fsp3) is 0. The molecule has 1 N–H and O–H groups in total. The molecule has 1 aromatic heterocycles. The maximum absolute atomic E-state index is 12.3. The number of rotatable bonds is 3. The highest BCUT2D eigenvalue weighted by Crippen LogP contribution is 2.36. The van der Waals surface area contributed by atoms with Crippen LogP contribution in [-0.2, 0) is 4.79 Å². The number of hydrogen-bond donors (Lipinski definition) is 1. The first-order chi connectivity index (χ1) is 13.9. The van der Waals surface area contributed by atoms with E-state index in [0.717, 1.165) is 0 Å². The SMILES string of the molecule is O=C1NC(=Nc2cccc(Cl)c2Cl)S/C1=C/c1ccc(-c2cccc(Cl)c2Cl)o1. The summed E-state index contributed by atoms with van der Waals surface area (Å²) in [5.41, 5.74) is 1.14. The second kappa shape index (κ2) is 8.46. The molecular weight excluding hydrogens is 474 g/mol. The van der Waals surface area contributed by atoms with E-state index in [1.54, 1.807) is 54.6 Å². The van der Waals surface area contributed by atoms with Gasteiger partial charge in [0.2, 0.25) is 0 Å². The average molecular weight is 484 g/mol. The molecule has 4 nitrogen and oxygen atoms in total. The summed E-state index contributed by atoms with van der Waals surface area (Å²) in [6.07, 6.45) is 1.63. The van der Waals surface area contributed by atoms with Crippen LogP contribution in [-0.4, -0.2) is 11.1 Å². The number of nitrogens with one attached hydrogen (secondary N) is 1. The van der Waals surface area contributed by atoms with E-state index >= 15 is 0 Å². The molecule has 0 radical (unpaired) electrons. The molecule has 0 aliphatic carbocycles. The Morgan fingerprint density at radius 3 is 2.45 bits per heavy atom. The van der Waals surface area contributed by atoms with E-state index in [2.05, 4.69) is 10.3 Å². The molecular formula is C20H10Cl4N2O2S. The number of carbonyl (C=O) groups excluding carboxylic acids is 1. The topological polar surface area (TPSA) is 54.6 Å². The Morgan fingerprint density at radius 1 is 0.931 bits per heavy atom. The van der Waals surface area contributed by atoms with Gasteiger partial charge in [-0.25, -0.2) is 4.99 Å². The number of furan rings is 1. The van der Waals surface area contributed by atoms with Gasteiger partial charge in [-0.2, -0.15) is 0 Å². The molecule has 0 spiro atoms. The Hall–Kier alpha value is -1.89. The first kappa shape index (κ1) is 20.4. The fourth-order valence-corrected chi connectivity index (χ4v) is 4.11. The summed E-state index contributed by atoms with van der Waals surface area (Å²) in [6, 6.07) is 13.9. The lowest BCUT2D eigenvalue weighted by Gasteiger charge is -2.02. The maximum atomic E-state index is 12.3. The number of benzene rings is 2. The molecule has 0 unspecified atom stereocenters. The molecule has 146 valence electrons. The van der Waals surface area contributed by atoms with Crippen molar-refractivity contribution in [1.29, 1.82) is 0 Å². The monoisotopic (exact) mass is 482 g/mol. The second-order valence-corrected chi connectivity index (χ2v) is 8.46. The van der Waals surface area contributed by atoms with Gasteiger partial charge in [0.1, 0.15) is 11.5 Å². The average Bonchev–Trinajstić information content (AvgIpc) is 3.28. The first-order valence-electron chi connectivity index (χ1n) is 8.20. The maximum Gasteiger partial charge on any atom is 0.264 e. The number of hydrogen-bond acceptors (Lipinski definition) is 4. The number of aliphatic imine (C=N–C) groups is 1. The molecule has 3 aromatic rings. The van der Waals surface area contributed by atoms with Crippen LogP contribution in [0.4, 0.5) is 5.69 Å². The first-order valence-corrected chi connectivity index (χ1v) is 10.5. The molecule has 2 aromatic carbocycles. The molecule has 1 saturated heterocycles. The number of nitrogens with zero attached hydrogens (tertiary/aromatic N) is 1. The molecule has 0 bridgehead atoms. The van der Waals surface area contributed by atoms with Crippen molar-refractivity contribution in [3.8, 4) is 11.3 Å². The van der Waals surface area contributed by atoms with Gasteiger partial charge in [0, 0.05) is 11.6 Å². The highest BCUT2D eigenvalue weighted by molar-refractivity contribution is 8.18. The van der Waals surface area contributed by atoms with Crippen molar-refractivity contribution in [2.45, 2.75) is 0 Å². The smallest absolute Gasteiger partial charge is 0.264 e. The Labute approximate surface area is 190 Å². The Kier molecular flexibility index (Phi) is 5.95. The summed E-state index contributed by atoms with van der Waals surface area (Å²) in [5, 5.41) is 4.65. The van der Waals surface area contributed by atoms with Crippen LogP contribution in [0.25, 0.3) is 17.4 Å². The van der Waals surface area contributed by atoms with Crippen LogP contribution < -0.4 is 5.32 Å². The van der Waals surface area contributed by atoms with Crippen LogP contribution in [0.5, 0.6) is 0 Å². The molecule has 29 heavy (non-hydrogen) atoms. The van der Waals surface area contributed by atoms with Gasteiger partial charge in [-0.3, -0.25) is 4.79 Å². The van der Waals surface area contributed by atoms with Gasteiger partial charge in [-0.05, 0) is 48.2 Å². The predicted octanol–water partition coefficient (Wildman–Crippen LogP) is 7.45. The number of carbonyl (C=O) groups is 1. The highest BCUT2D eigenvalue weighted by Gasteiger charge is 2.25. The lowest BCUT2D eigenvalue weighted by Crippen LogP contribution is -2.19. The number of amides is 1. The highest BCUT2D eigenvalue weighted by atomic mass is 35.5. The quantitative estimate of drug-likeness (QED) is 0.393. The third kappa shape index (κ3) is 4.34. The Morgan fingerprint density at radius 2 is 1.66 bits per heavy atom. The van der Waals surface area contributed by atoms with E-state index in [1.165, 1.54) is 11.8 Å². The normalized spacial score (nSPS) is 16.6. The Balaban J connectivity index is 1.59. The van der Waals surface area contributed by atoms with E-state index in [0.29, 0.717) is 52.9 Å². The summed E-state index contributed by atoms with van der Waals surface area (Å²) < 4.78 is 5.81. The number of thioether (sulfide) groups is 1. The lowest BCUT2D eigenvalue weighted by molar-refractivity contribution is -0.115. The third-order valence-corrected chi connectivity index (χ3v) is 6.46. The van der Waals surface area contributed by atoms with Crippen LogP contribution in [0.1, 0.15) is 5.76 Å². The van der Waals surface area contributed by atoms with Crippen molar-refractivity contribution >= 4 is 81.0 Å². The van der Waals surface area contributed by atoms with E-state index in [4.69, 9.17) is 50.8 Å². The van der Waals surface area contributed by atoms with E-state index < -0.39 is 0 Å². The summed E-state index contributed by atoms with van der Waals surface area (Å²) >= 11 is 25.6. The molecule has 1 amide bonds. The molecule has 1 fully saturated rings. The summed E-state index contributed by atoms with van der Waals surface area (Å²) in [4.78, 5) is 17.1. The molecule has 0 atom stereocenters. The van der Waals surface area contributed by atoms with Gasteiger partial charge in [0.15, 0.2) is 5.17 Å². The standard InChI is InChI=1S/C20H10Cl4N2O2S/c21-12-4-1-3-11(17(12)23)15-8-7-10(28-15)9-16-19(27)26-20(29-16)25-14-6-2-5-13(22)18(14)24/h1-9H,(H,25,26,27)/b16-9+. The minimum Gasteiger partial charge on any atom is -0.457 e. The summed E-state index contributed by atoms with van der Waals surface area (Å²) in [7, 11) is 0. The van der Waals surface area contributed by atoms with Crippen molar-refractivity contribution in [3.63, 3.8) is 0 Å². The zero-order chi connectivity index (χ0) is 20.5. The largest absolute Gasteiger partial charge is 0.457 e. The minimum absolute atomic E-state index is 0.286.